The van der Waals surface area contributed by atoms with Gasteiger partial charge in [0.05, 0.1) is 0 Å². The Morgan fingerprint density at radius 2 is 2.07 bits per heavy atom. The van der Waals surface area contributed by atoms with Gasteiger partial charge in [-0.3, -0.25) is 0 Å². The van der Waals surface area contributed by atoms with E-state index in [1.54, 1.807) is 0 Å². The third kappa shape index (κ3) is 1.72. The highest BCUT2D eigenvalue weighted by atomic mass is 15.2. The lowest BCUT2D eigenvalue weighted by Crippen LogP contribution is -2.26. The van der Waals surface area contributed by atoms with Gasteiger partial charge in [0, 0.05) is 38.3 Å². The second-order valence-electron chi connectivity index (χ2n) is 4.40. The summed E-state index contributed by atoms with van der Waals surface area (Å²) in [5.74, 6) is 1.19. The number of aromatic nitrogens is 1. The summed E-state index contributed by atoms with van der Waals surface area (Å²) in [5.41, 5.74) is 2.68. The van der Waals surface area contributed by atoms with E-state index < -0.39 is 0 Å². The first-order valence-electron chi connectivity index (χ1n) is 5.88. The average Bonchev–Trinajstić information content (AvgIpc) is 2.82. The van der Waals surface area contributed by atoms with Crippen LogP contribution in [0, 0.1) is 0 Å². The first-order valence-corrected chi connectivity index (χ1v) is 5.88. The van der Waals surface area contributed by atoms with Crippen molar-refractivity contribution in [3.63, 3.8) is 0 Å². The molecule has 1 aromatic heterocycles. The van der Waals surface area contributed by atoms with E-state index in [2.05, 4.69) is 22.3 Å². The minimum atomic E-state index is 0.989. The third-order valence-corrected chi connectivity index (χ3v) is 3.34. The summed E-state index contributed by atoms with van der Waals surface area (Å²) in [6.45, 7) is 4.43. The summed E-state index contributed by atoms with van der Waals surface area (Å²) < 4.78 is 0. The summed E-state index contributed by atoms with van der Waals surface area (Å²) in [6, 6.07) is 4.42. The molecule has 3 nitrogen and oxygen atoms in total. The van der Waals surface area contributed by atoms with Gasteiger partial charge in [0.25, 0.3) is 0 Å². The van der Waals surface area contributed by atoms with Crippen LogP contribution in [0.25, 0.3) is 0 Å². The quantitative estimate of drug-likeness (QED) is 0.746. The molecule has 0 bridgehead atoms. The summed E-state index contributed by atoms with van der Waals surface area (Å²) in [4.78, 5) is 7.19. The van der Waals surface area contributed by atoms with Gasteiger partial charge in [-0.2, -0.15) is 0 Å². The van der Waals surface area contributed by atoms with Gasteiger partial charge in [0.1, 0.15) is 5.82 Å². The Balaban J connectivity index is 1.89. The summed E-state index contributed by atoms with van der Waals surface area (Å²) in [5, 5.41) is 3.38. The fourth-order valence-corrected chi connectivity index (χ4v) is 2.45. The van der Waals surface area contributed by atoms with E-state index >= 15 is 0 Å². The molecule has 3 heteroatoms. The SMILES string of the molecule is c1cc2c(nc1N1CCCC1)CCNC2. The Morgan fingerprint density at radius 1 is 1.20 bits per heavy atom. The number of pyridine rings is 1. The zero-order chi connectivity index (χ0) is 10.1. The van der Waals surface area contributed by atoms with Crippen LogP contribution >= 0.6 is 0 Å². The van der Waals surface area contributed by atoms with Crippen LogP contribution in [0.4, 0.5) is 5.82 Å². The molecule has 0 aliphatic carbocycles. The van der Waals surface area contributed by atoms with Gasteiger partial charge >= 0.3 is 0 Å². The minimum absolute atomic E-state index is 0.989. The van der Waals surface area contributed by atoms with Gasteiger partial charge in [0.2, 0.25) is 0 Å². The number of anilines is 1. The number of nitrogens with one attached hydrogen (secondary N) is 1. The van der Waals surface area contributed by atoms with Gasteiger partial charge in [-0.05, 0) is 24.5 Å². The minimum Gasteiger partial charge on any atom is -0.357 e. The molecule has 0 saturated carbocycles. The van der Waals surface area contributed by atoms with Crippen molar-refractivity contribution < 1.29 is 0 Å². The van der Waals surface area contributed by atoms with Crippen LogP contribution in [-0.4, -0.2) is 24.6 Å². The van der Waals surface area contributed by atoms with E-state index in [1.807, 2.05) is 0 Å². The topological polar surface area (TPSA) is 28.2 Å². The molecule has 0 spiro atoms. The van der Waals surface area contributed by atoms with Gasteiger partial charge in [-0.1, -0.05) is 6.07 Å². The van der Waals surface area contributed by atoms with Crippen LogP contribution in [0.5, 0.6) is 0 Å². The predicted octanol–water partition coefficient (Wildman–Crippen LogP) is 1.33. The van der Waals surface area contributed by atoms with E-state index in [0.29, 0.717) is 0 Å². The molecule has 1 aromatic rings. The molecule has 0 amide bonds. The van der Waals surface area contributed by atoms with Crippen LogP contribution in [0.3, 0.4) is 0 Å². The molecule has 1 fully saturated rings. The zero-order valence-electron chi connectivity index (χ0n) is 9.00. The van der Waals surface area contributed by atoms with Crippen molar-refractivity contribution in [2.45, 2.75) is 25.8 Å². The van der Waals surface area contributed by atoms with Crippen molar-refractivity contribution >= 4 is 5.82 Å². The Kier molecular flexibility index (Phi) is 2.33. The largest absolute Gasteiger partial charge is 0.357 e. The predicted molar refractivity (Wildman–Crippen MR) is 61.1 cm³/mol. The normalized spacial score (nSPS) is 20.4. The van der Waals surface area contributed by atoms with Crippen LogP contribution in [0.1, 0.15) is 24.1 Å². The highest BCUT2D eigenvalue weighted by Gasteiger charge is 2.16. The number of rotatable bonds is 1. The molecule has 1 N–H and O–H groups in total. The number of nitrogens with zero attached hydrogens (tertiary/aromatic N) is 2. The molecule has 2 aliphatic rings. The van der Waals surface area contributed by atoms with Crippen molar-refractivity contribution in [3.8, 4) is 0 Å². The first-order chi connectivity index (χ1) is 7.43. The maximum absolute atomic E-state index is 4.78. The monoisotopic (exact) mass is 203 g/mol. The average molecular weight is 203 g/mol. The molecule has 2 aliphatic heterocycles. The maximum atomic E-state index is 4.78. The van der Waals surface area contributed by atoms with E-state index in [1.165, 1.54) is 43.0 Å². The van der Waals surface area contributed by atoms with E-state index in [4.69, 9.17) is 4.98 Å². The van der Waals surface area contributed by atoms with Gasteiger partial charge < -0.3 is 10.2 Å². The Morgan fingerprint density at radius 3 is 2.93 bits per heavy atom. The number of hydrogen-bond acceptors (Lipinski definition) is 3. The molecule has 80 valence electrons. The molecule has 3 heterocycles. The fraction of sp³-hybridized carbons (Fsp3) is 0.583. The van der Waals surface area contributed by atoms with Gasteiger partial charge in [-0.15, -0.1) is 0 Å². The first kappa shape index (κ1) is 9.16. The molecule has 1 saturated heterocycles. The maximum Gasteiger partial charge on any atom is 0.128 e. The van der Waals surface area contributed by atoms with Crippen LogP contribution < -0.4 is 10.2 Å². The van der Waals surface area contributed by atoms with Crippen molar-refractivity contribution in [3.05, 3.63) is 23.4 Å². The lowest BCUT2D eigenvalue weighted by Gasteiger charge is -2.21. The molecule has 3 rings (SSSR count). The zero-order valence-corrected chi connectivity index (χ0v) is 9.00. The molecule has 0 unspecified atom stereocenters. The number of hydrogen-bond donors (Lipinski definition) is 1. The lowest BCUT2D eigenvalue weighted by atomic mass is 10.1. The van der Waals surface area contributed by atoms with Crippen molar-refractivity contribution in [2.75, 3.05) is 24.5 Å². The van der Waals surface area contributed by atoms with Crippen molar-refractivity contribution in [2.24, 2.45) is 0 Å². The van der Waals surface area contributed by atoms with Crippen LogP contribution in [0.15, 0.2) is 12.1 Å². The molecule has 0 atom stereocenters. The summed E-state index contributed by atoms with van der Waals surface area (Å²) in [6.07, 6.45) is 3.72. The second kappa shape index (κ2) is 3.81. The second-order valence-corrected chi connectivity index (χ2v) is 4.40. The fourth-order valence-electron chi connectivity index (χ4n) is 2.45. The van der Waals surface area contributed by atoms with Gasteiger partial charge in [0.15, 0.2) is 0 Å². The van der Waals surface area contributed by atoms with Crippen molar-refractivity contribution in [1.29, 1.82) is 0 Å². The lowest BCUT2D eigenvalue weighted by molar-refractivity contribution is 0.629. The third-order valence-electron chi connectivity index (χ3n) is 3.34. The smallest absolute Gasteiger partial charge is 0.128 e. The molecule has 0 aromatic carbocycles. The number of fused-ring (bicyclic) bond motifs is 1. The molecular formula is C12H17N3. The Labute approximate surface area is 90.5 Å². The van der Waals surface area contributed by atoms with E-state index in [-0.39, 0.29) is 0 Å². The Hall–Kier alpha value is -1.09. The standard InChI is InChI=1S/C12H17N3/c1-2-8-15(7-1)12-4-3-10-9-13-6-5-11(10)14-12/h3-4,13H,1-2,5-9H2. The summed E-state index contributed by atoms with van der Waals surface area (Å²) >= 11 is 0. The highest BCUT2D eigenvalue weighted by molar-refractivity contribution is 5.43. The van der Waals surface area contributed by atoms with E-state index in [0.717, 1.165) is 19.5 Å². The molecule has 0 radical (unpaired) electrons. The van der Waals surface area contributed by atoms with E-state index in [9.17, 15) is 0 Å². The van der Waals surface area contributed by atoms with Crippen LogP contribution in [-0.2, 0) is 13.0 Å². The Bertz CT molecular complexity index is 356. The molecular weight excluding hydrogens is 186 g/mol. The summed E-state index contributed by atoms with van der Waals surface area (Å²) in [7, 11) is 0. The van der Waals surface area contributed by atoms with Crippen LogP contribution in [0.2, 0.25) is 0 Å². The van der Waals surface area contributed by atoms with Crippen molar-refractivity contribution in [1.82, 2.24) is 10.3 Å². The molecule has 15 heavy (non-hydrogen) atoms. The highest BCUT2D eigenvalue weighted by Crippen LogP contribution is 2.21. The van der Waals surface area contributed by atoms with Gasteiger partial charge in [-0.25, -0.2) is 4.98 Å².